The fraction of sp³-hybridized carbons (Fsp3) is 0. The van der Waals surface area contributed by atoms with Crippen LogP contribution in [0.15, 0.2) is 121 Å². The summed E-state index contributed by atoms with van der Waals surface area (Å²) < 4.78 is 4.63. The summed E-state index contributed by atoms with van der Waals surface area (Å²) in [5.41, 5.74) is 9.26. The van der Waals surface area contributed by atoms with E-state index in [4.69, 9.17) is 16.5 Å². The van der Waals surface area contributed by atoms with Crippen molar-refractivity contribution in [1.29, 1.82) is 0 Å². The first-order chi connectivity index (χ1) is 21.8. The van der Waals surface area contributed by atoms with Crippen molar-refractivity contribution in [2.75, 3.05) is 0 Å². The fourth-order valence-electron chi connectivity index (χ4n) is 7.14. The van der Waals surface area contributed by atoms with Crippen molar-refractivity contribution in [1.82, 2.24) is 23.9 Å². The molecule has 0 bridgehead atoms. The Bertz CT molecular complexity index is 2850. The van der Waals surface area contributed by atoms with E-state index in [0.717, 1.165) is 32.9 Å². The van der Waals surface area contributed by atoms with Gasteiger partial charge < -0.3 is 4.40 Å². The van der Waals surface area contributed by atoms with Gasteiger partial charge in [-0.05, 0) is 48.0 Å². The summed E-state index contributed by atoms with van der Waals surface area (Å²) >= 11 is 0. The lowest BCUT2D eigenvalue weighted by atomic mass is 10.0. The van der Waals surface area contributed by atoms with Crippen LogP contribution < -0.4 is 0 Å². The molecule has 44 heavy (non-hydrogen) atoms. The molecule has 5 aromatic carbocycles. The number of nitrogens with zero attached hydrogens (tertiary/aromatic N) is 6. The van der Waals surface area contributed by atoms with Gasteiger partial charge >= 0.3 is 0 Å². The van der Waals surface area contributed by atoms with Crippen LogP contribution in [0.4, 0.5) is 5.69 Å². The molecule has 0 aliphatic rings. The predicted octanol–water partition coefficient (Wildman–Crippen LogP) is 9.49. The van der Waals surface area contributed by atoms with Gasteiger partial charge in [-0.15, -0.1) is 0 Å². The van der Waals surface area contributed by atoms with Crippen LogP contribution in [0.25, 0.3) is 93.0 Å². The van der Waals surface area contributed by atoms with E-state index in [9.17, 15) is 0 Å². The molecule has 0 saturated heterocycles. The van der Waals surface area contributed by atoms with Gasteiger partial charge in [-0.3, -0.25) is 9.55 Å². The van der Waals surface area contributed by atoms with Crippen LogP contribution in [-0.2, 0) is 0 Å². The Morgan fingerprint density at radius 2 is 1.30 bits per heavy atom. The van der Waals surface area contributed by atoms with Crippen LogP contribution >= 0.6 is 0 Å². The summed E-state index contributed by atoms with van der Waals surface area (Å²) in [6.07, 6.45) is 1.77. The van der Waals surface area contributed by atoms with Gasteiger partial charge in [-0.2, -0.15) is 0 Å². The average Bonchev–Trinajstić information content (AvgIpc) is 3.72. The second-order valence-electron chi connectivity index (χ2n) is 11.2. The van der Waals surface area contributed by atoms with Crippen LogP contribution in [0, 0.1) is 6.57 Å². The minimum absolute atomic E-state index is 0.559. The minimum atomic E-state index is 0.559. The molecular weight excluding hydrogens is 540 g/mol. The molecule has 0 unspecified atom stereocenters. The van der Waals surface area contributed by atoms with Crippen molar-refractivity contribution in [3.8, 4) is 17.2 Å². The largest absolute Gasteiger partial charge is 0.308 e. The van der Waals surface area contributed by atoms with E-state index >= 15 is 0 Å². The molecule has 0 aliphatic carbocycles. The van der Waals surface area contributed by atoms with E-state index in [0.29, 0.717) is 22.8 Å². The van der Waals surface area contributed by atoms with E-state index in [-0.39, 0.29) is 0 Å². The van der Waals surface area contributed by atoms with Gasteiger partial charge in [0.05, 0.1) is 39.7 Å². The molecule has 10 aromatic rings. The molecular formula is C38H20N6. The van der Waals surface area contributed by atoms with E-state index in [1.54, 1.807) is 6.20 Å². The third-order valence-electron chi connectivity index (χ3n) is 8.90. The highest BCUT2D eigenvalue weighted by molar-refractivity contribution is 6.34. The third kappa shape index (κ3) is 2.90. The fourth-order valence-corrected chi connectivity index (χ4v) is 7.14. The SMILES string of the molecule is [C-]#[N+]c1cccc(-c2nc(-n3c4ccccc4c4cc5c6ccccc6n6c7ccccc7c(c43)c56)nc3cccnc23)c1. The number of fused-ring (bicyclic) bond motifs is 11. The molecule has 5 heterocycles. The molecule has 6 heteroatoms. The van der Waals surface area contributed by atoms with Crippen molar-refractivity contribution in [3.63, 3.8) is 0 Å². The highest BCUT2D eigenvalue weighted by Crippen LogP contribution is 2.46. The Balaban J connectivity index is 1.44. The Labute approximate surface area is 250 Å². The summed E-state index contributed by atoms with van der Waals surface area (Å²) in [6, 6.07) is 39.6. The number of hydrogen-bond acceptors (Lipinski definition) is 3. The first-order valence-corrected chi connectivity index (χ1v) is 14.5. The molecule has 10 rings (SSSR count). The smallest absolute Gasteiger partial charge is 0.235 e. The van der Waals surface area contributed by atoms with Crippen LogP contribution in [0.5, 0.6) is 0 Å². The number of benzene rings is 5. The summed E-state index contributed by atoms with van der Waals surface area (Å²) in [6.45, 7) is 7.59. The maximum Gasteiger partial charge on any atom is 0.235 e. The first kappa shape index (κ1) is 23.3. The van der Waals surface area contributed by atoms with Gasteiger partial charge in [0, 0.05) is 38.5 Å². The average molecular weight is 561 g/mol. The normalized spacial score (nSPS) is 12.1. The van der Waals surface area contributed by atoms with Crippen molar-refractivity contribution in [2.24, 2.45) is 0 Å². The molecule has 6 nitrogen and oxygen atoms in total. The van der Waals surface area contributed by atoms with Gasteiger partial charge in [0.2, 0.25) is 5.95 Å². The maximum absolute atomic E-state index is 7.59. The van der Waals surface area contributed by atoms with Crippen LogP contribution in [0.1, 0.15) is 0 Å². The molecule has 202 valence electrons. The number of hydrogen-bond donors (Lipinski definition) is 0. The first-order valence-electron chi connectivity index (χ1n) is 14.5. The lowest BCUT2D eigenvalue weighted by Gasteiger charge is -2.12. The number of aromatic nitrogens is 5. The van der Waals surface area contributed by atoms with E-state index in [1.807, 2.05) is 36.4 Å². The summed E-state index contributed by atoms with van der Waals surface area (Å²) in [5.74, 6) is 0.572. The minimum Gasteiger partial charge on any atom is -0.308 e. The molecule has 0 amide bonds. The molecule has 0 N–H and O–H groups in total. The summed E-state index contributed by atoms with van der Waals surface area (Å²) in [7, 11) is 0. The maximum atomic E-state index is 7.59. The molecule has 0 aliphatic heterocycles. The Kier molecular flexibility index (Phi) is 4.43. The van der Waals surface area contributed by atoms with Crippen molar-refractivity contribution in [2.45, 2.75) is 0 Å². The molecule has 0 saturated carbocycles. The van der Waals surface area contributed by atoms with Crippen LogP contribution in [0.2, 0.25) is 0 Å². The van der Waals surface area contributed by atoms with E-state index < -0.39 is 0 Å². The lowest BCUT2D eigenvalue weighted by Crippen LogP contribution is -2.04. The highest BCUT2D eigenvalue weighted by Gasteiger charge is 2.25. The van der Waals surface area contributed by atoms with Gasteiger partial charge in [0.25, 0.3) is 0 Å². The second kappa shape index (κ2) is 8.37. The summed E-state index contributed by atoms with van der Waals surface area (Å²) in [5, 5.41) is 7.17. The Hall–Kier alpha value is -6.32. The molecule has 5 aromatic heterocycles. The molecule has 0 atom stereocenters. The Morgan fingerprint density at radius 1 is 0.591 bits per heavy atom. The van der Waals surface area contributed by atoms with Gasteiger partial charge in [-0.25, -0.2) is 14.8 Å². The second-order valence-corrected chi connectivity index (χ2v) is 11.2. The molecule has 0 fully saturated rings. The highest BCUT2D eigenvalue weighted by atomic mass is 15.2. The summed E-state index contributed by atoms with van der Waals surface area (Å²) in [4.78, 5) is 18.7. The van der Waals surface area contributed by atoms with Crippen molar-refractivity contribution < 1.29 is 0 Å². The van der Waals surface area contributed by atoms with Crippen molar-refractivity contribution >= 4 is 76.6 Å². The van der Waals surface area contributed by atoms with Crippen LogP contribution in [-0.4, -0.2) is 23.9 Å². The quantitative estimate of drug-likeness (QED) is 0.198. The van der Waals surface area contributed by atoms with Gasteiger partial charge in [0.1, 0.15) is 11.2 Å². The third-order valence-corrected chi connectivity index (χ3v) is 8.90. The predicted molar refractivity (Wildman–Crippen MR) is 178 cm³/mol. The zero-order valence-electron chi connectivity index (χ0n) is 23.2. The number of rotatable bonds is 2. The number of para-hydroxylation sites is 3. The zero-order chi connectivity index (χ0) is 28.9. The Morgan fingerprint density at radius 3 is 2.11 bits per heavy atom. The lowest BCUT2D eigenvalue weighted by molar-refractivity contribution is 1.01. The molecule has 0 spiro atoms. The standard InChI is InChI=1S/C38H20N6/c1-39-23-11-8-10-22(20-23)34-35-29(15-9-19-40-35)41-38(42-34)44-31-17-6-3-13-25(31)28-21-27-24-12-2-5-16-30(24)43-32-18-7-4-14-26(32)33(36(27)43)37(28)44/h2-21H. The monoisotopic (exact) mass is 560 g/mol. The van der Waals surface area contributed by atoms with Gasteiger partial charge in [0.15, 0.2) is 5.69 Å². The molecule has 0 radical (unpaired) electrons. The van der Waals surface area contributed by atoms with Crippen molar-refractivity contribution in [3.05, 3.63) is 133 Å². The van der Waals surface area contributed by atoms with Gasteiger partial charge in [-0.1, -0.05) is 72.8 Å². The van der Waals surface area contributed by atoms with Crippen LogP contribution in [0.3, 0.4) is 0 Å². The topological polar surface area (TPSA) is 52.4 Å². The van der Waals surface area contributed by atoms with E-state index in [1.165, 1.54) is 38.1 Å². The zero-order valence-corrected chi connectivity index (χ0v) is 23.2. The number of pyridine rings is 1. The van der Waals surface area contributed by atoms with E-state index in [2.05, 4.69) is 97.7 Å².